The molecule has 1 aliphatic heterocycles. The molecule has 0 bridgehead atoms. The topological polar surface area (TPSA) is 90.0 Å². The van der Waals surface area contributed by atoms with E-state index in [9.17, 15) is 0 Å². The maximum absolute atomic E-state index is 8.64. The summed E-state index contributed by atoms with van der Waals surface area (Å²) in [5.74, 6) is 0.518. The number of oxime groups is 1. The van der Waals surface area contributed by atoms with E-state index in [0.717, 1.165) is 6.42 Å². The van der Waals surface area contributed by atoms with Crippen molar-refractivity contribution >= 4 is 5.84 Å². The summed E-state index contributed by atoms with van der Waals surface area (Å²) in [6.45, 7) is 1.26. The van der Waals surface area contributed by atoms with Gasteiger partial charge in [0.25, 0.3) is 0 Å². The Bertz CT molecular complexity index is 389. The van der Waals surface area contributed by atoms with Gasteiger partial charge in [-0.2, -0.15) is 0 Å². The van der Waals surface area contributed by atoms with E-state index in [1.54, 1.807) is 18.5 Å². The minimum Gasteiger partial charge on any atom is -0.486 e. The lowest BCUT2D eigenvalue weighted by atomic mass is 10.2. The summed E-state index contributed by atoms with van der Waals surface area (Å²) in [4.78, 5) is 3.95. The average Bonchev–Trinajstić information content (AvgIpc) is 2.82. The summed E-state index contributed by atoms with van der Waals surface area (Å²) >= 11 is 0. The number of hydrogen-bond donors (Lipinski definition) is 2. The van der Waals surface area contributed by atoms with Crippen LogP contribution in [0.5, 0.6) is 5.75 Å². The van der Waals surface area contributed by atoms with Gasteiger partial charge < -0.3 is 20.4 Å². The first kappa shape index (κ1) is 10.7. The fourth-order valence-electron chi connectivity index (χ4n) is 1.52. The van der Waals surface area contributed by atoms with Gasteiger partial charge in [-0.15, -0.1) is 0 Å². The van der Waals surface area contributed by atoms with Crippen LogP contribution in [0.2, 0.25) is 0 Å². The molecule has 0 radical (unpaired) electrons. The predicted octanol–water partition coefficient (Wildman–Crippen LogP) is 0.344. The lowest BCUT2D eigenvalue weighted by Gasteiger charge is -2.14. The van der Waals surface area contributed by atoms with Crippen LogP contribution >= 0.6 is 0 Å². The third kappa shape index (κ3) is 2.22. The van der Waals surface area contributed by atoms with Crippen LogP contribution in [0.4, 0.5) is 0 Å². The summed E-state index contributed by atoms with van der Waals surface area (Å²) in [5.41, 5.74) is 6.06. The number of hydrogen-bond acceptors (Lipinski definition) is 5. The number of rotatable bonds is 3. The molecule has 3 N–H and O–H groups in total. The fraction of sp³-hybridized carbons (Fsp3) is 0.400. The molecule has 0 aromatic carbocycles. The van der Waals surface area contributed by atoms with Crippen LogP contribution in [0, 0.1) is 0 Å². The van der Waals surface area contributed by atoms with E-state index < -0.39 is 0 Å². The van der Waals surface area contributed by atoms with Gasteiger partial charge in [0.05, 0.1) is 25.0 Å². The number of ether oxygens (including phenoxy) is 2. The van der Waals surface area contributed by atoms with Gasteiger partial charge in [0.1, 0.15) is 11.9 Å². The van der Waals surface area contributed by atoms with Gasteiger partial charge in [-0.3, -0.25) is 4.98 Å². The standard InChI is InChI=1S/C10H13N3O3/c11-10(13-14)8-1-3-12-5-9(8)16-7-2-4-15-6-7/h1,3,5,7,14H,2,4,6H2,(H2,11,13). The summed E-state index contributed by atoms with van der Waals surface area (Å²) in [5, 5.41) is 11.6. The Balaban J connectivity index is 2.19. The Morgan fingerprint density at radius 3 is 3.25 bits per heavy atom. The molecular weight excluding hydrogens is 210 g/mol. The van der Waals surface area contributed by atoms with E-state index in [1.807, 2.05) is 0 Å². The van der Waals surface area contributed by atoms with Crippen molar-refractivity contribution in [2.24, 2.45) is 10.9 Å². The summed E-state index contributed by atoms with van der Waals surface area (Å²) in [6.07, 6.45) is 3.95. The van der Waals surface area contributed by atoms with Crippen molar-refractivity contribution in [3.63, 3.8) is 0 Å². The largest absolute Gasteiger partial charge is 0.486 e. The Morgan fingerprint density at radius 1 is 1.69 bits per heavy atom. The molecule has 1 atom stereocenters. The third-order valence-electron chi connectivity index (χ3n) is 2.35. The number of amidine groups is 1. The van der Waals surface area contributed by atoms with Crippen LogP contribution in [-0.2, 0) is 4.74 Å². The number of nitrogens with two attached hydrogens (primary N) is 1. The van der Waals surface area contributed by atoms with Gasteiger partial charge >= 0.3 is 0 Å². The molecule has 1 fully saturated rings. The Hall–Kier alpha value is -1.82. The maximum Gasteiger partial charge on any atom is 0.173 e. The Morgan fingerprint density at radius 2 is 2.56 bits per heavy atom. The fourth-order valence-corrected chi connectivity index (χ4v) is 1.52. The Kier molecular flexibility index (Phi) is 3.21. The molecule has 2 heterocycles. The first-order valence-corrected chi connectivity index (χ1v) is 4.97. The van der Waals surface area contributed by atoms with Crippen LogP contribution in [0.1, 0.15) is 12.0 Å². The molecular formula is C10H13N3O3. The molecule has 0 saturated carbocycles. The first-order valence-electron chi connectivity index (χ1n) is 4.97. The van der Waals surface area contributed by atoms with Crippen molar-refractivity contribution in [3.8, 4) is 5.75 Å². The SMILES string of the molecule is N/C(=N/O)c1ccncc1OC1CCOC1. The first-order chi connectivity index (χ1) is 7.81. The van der Waals surface area contributed by atoms with Gasteiger partial charge in [-0.25, -0.2) is 0 Å². The molecule has 6 nitrogen and oxygen atoms in total. The monoisotopic (exact) mass is 223 g/mol. The van der Waals surface area contributed by atoms with Crippen molar-refractivity contribution in [2.75, 3.05) is 13.2 Å². The van der Waals surface area contributed by atoms with Gasteiger partial charge in [-0.05, 0) is 6.07 Å². The second-order valence-corrected chi connectivity index (χ2v) is 3.46. The highest BCUT2D eigenvalue weighted by molar-refractivity contribution is 5.99. The molecule has 1 aliphatic rings. The lowest BCUT2D eigenvalue weighted by Crippen LogP contribution is -2.20. The highest BCUT2D eigenvalue weighted by Gasteiger charge is 2.19. The summed E-state index contributed by atoms with van der Waals surface area (Å²) < 4.78 is 10.9. The summed E-state index contributed by atoms with van der Waals surface area (Å²) in [6, 6.07) is 1.64. The second kappa shape index (κ2) is 4.80. The van der Waals surface area contributed by atoms with Crippen molar-refractivity contribution in [2.45, 2.75) is 12.5 Å². The van der Waals surface area contributed by atoms with Crippen molar-refractivity contribution < 1.29 is 14.7 Å². The van der Waals surface area contributed by atoms with Crippen LogP contribution in [0.15, 0.2) is 23.6 Å². The van der Waals surface area contributed by atoms with Gasteiger partial charge in [-0.1, -0.05) is 5.16 Å². The van der Waals surface area contributed by atoms with Gasteiger partial charge in [0.2, 0.25) is 0 Å². The van der Waals surface area contributed by atoms with Crippen molar-refractivity contribution in [1.82, 2.24) is 4.98 Å². The normalized spacial score (nSPS) is 21.0. The van der Waals surface area contributed by atoms with E-state index in [1.165, 1.54) is 0 Å². The minimum atomic E-state index is 0.00874. The molecule has 86 valence electrons. The second-order valence-electron chi connectivity index (χ2n) is 3.46. The molecule has 2 rings (SSSR count). The smallest absolute Gasteiger partial charge is 0.173 e. The quantitative estimate of drug-likeness (QED) is 0.334. The molecule has 1 aromatic rings. The molecule has 0 amide bonds. The zero-order chi connectivity index (χ0) is 11.4. The summed E-state index contributed by atoms with van der Waals surface area (Å²) in [7, 11) is 0. The van der Waals surface area contributed by atoms with Crippen molar-refractivity contribution in [3.05, 3.63) is 24.0 Å². The third-order valence-corrected chi connectivity index (χ3v) is 2.35. The van der Waals surface area contributed by atoms with Gasteiger partial charge in [0, 0.05) is 12.6 Å². The highest BCUT2D eigenvalue weighted by Crippen LogP contribution is 2.20. The van der Waals surface area contributed by atoms with Crippen molar-refractivity contribution in [1.29, 1.82) is 0 Å². The number of aromatic nitrogens is 1. The van der Waals surface area contributed by atoms with Crippen LogP contribution in [0.3, 0.4) is 0 Å². The number of pyridine rings is 1. The molecule has 1 unspecified atom stereocenters. The molecule has 6 heteroatoms. The van der Waals surface area contributed by atoms with Gasteiger partial charge in [0.15, 0.2) is 5.84 Å². The highest BCUT2D eigenvalue weighted by atomic mass is 16.5. The zero-order valence-corrected chi connectivity index (χ0v) is 8.67. The van der Waals surface area contributed by atoms with Crippen LogP contribution < -0.4 is 10.5 Å². The van der Waals surface area contributed by atoms with E-state index in [2.05, 4.69) is 10.1 Å². The minimum absolute atomic E-state index is 0.00874. The molecule has 1 saturated heterocycles. The average molecular weight is 223 g/mol. The molecule has 0 aliphatic carbocycles. The molecule has 16 heavy (non-hydrogen) atoms. The predicted molar refractivity (Wildman–Crippen MR) is 56.6 cm³/mol. The van der Waals surface area contributed by atoms with E-state index in [0.29, 0.717) is 24.5 Å². The molecule has 1 aromatic heterocycles. The zero-order valence-electron chi connectivity index (χ0n) is 8.67. The van der Waals surface area contributed by atoms with Crippen LogP contribution in [-0.4, -0.2) is 35.3 Å². The van der Waals surface area contributed by atoms with E-state index in [-0.39, 0.29) is 11.9 Å². The maximum atomic E-state index is 8.64. The van der Waals surface area contributed by atoms with E-state index in [4.69, 9.17) is 20.4 Å². The Labute approximate surface area is 92.7 Å². The molecule has 0 spiro atoms. The van der Waals surface area contributed by atoms with E-state index >= 15 is 0 Å². The van der Waals surface area contributed by atoms with Crippen LogP contribution in [0.25, 0.3) is 0 Å². The number of nitrogens with zero attached hydrogens (tertiary/aromatic N) is 2. The lowest BCUT2D eigenvalue weighted by molar-refractivity contribution is 0.141.